The maximum absolute atomic E-state index is 12.2. The van der Waals surface area contributed by atoms with E-state index < -0.39 is 5.91 Å². The van der Waals surface area contributed by atoms with Gasteiger partial charge in [0.1, 0.15) is 5.69 Å². The standard InChI is InChI=1S/C28H35N7O2/c1-33-16-18-35(19-17-33)23-12-14-34(15-13-23)22-10-8-21(9-11-22)30-27-25(26(29)36)31-24(28(32-27)37-2)20-6-4-3-5-7-20/h3-11,23H,12-19H2,1-2H3,(H2,29,36)(H,30,32). The lowest BCUT2D eigenvalue weighted by Crippen LogP contribution is -2.52. The molecule has 2 aromatic carbocycles. The highest BCUT2D eigenvalue weighted by atomic mass is 16.5. The number of rotatable bonds is 7. The molecule has 0 bridgehead atoms. The third-order valence-electron chi connectivity index (χ3n) is 7.35. The van der Waals surface area contributed by atoms with Crippen molar-refractivity contribution in [3.8, 4) is 17.1 Å². The largest absolute Gasteiger partial charge is 0.479 e. The van der Waals surface area contributed by atoms with Crippen LogP contribution in [-0.2, 0) is 0 Å². The van der Waals surface area contributed by atoms with E-state index in [0.717, 1.165) is 37.4 Å². The molecule has 0 radical (unpaired) electrons. The summed E-state index contributed by atoms with van der Waals surface area (Å²) in [6.45, 7) is 6.79. The van der Waals surface area contributed by atoms with E-state index in [1.807, 2.05) is 42.5 Å². The predicted molar refractivity (Wildman–Crippen MR) is 147 cm³/mol. The third kappa shape index (κ3) is 5.68. The number of amides is 1. The van der Waals surface area contributed by atoms with E-state index in [2.05, 4.69) is 49.2 Å². The van der Waals surface area contributed by atoms with E-state index in [-0.39, 0.29) is 11.5 Å². The highest BCUT2D eigenvalue weighted by molar-refractivity contribution is 5.97. The lowest BCUT2D eigenvalue weighted by molar-refractivity contribution is 0.0982. The van der Waals surface area contributed by atoms with Crippen molar-refractivity contribution < 1.29 is 9.53 Å². The van der Waals surface area contributed by atoms with Crippen LogP contribution in [-0.4, -0.2) is 85.1 Å². The maximum Gasteiger partial charge on any atom is 0.271 e. The third-order valence-corrected chi connectivity index (χ3v) is 7.35. The number of carbonyl (C=O) groups excluding carboxylic acids is 1. The van der Waals surface area contributed by atoms with Gasteiger partial charge >= 0.3 is 0 Å². The Morgan fingerprint density at radius 3 is 2.24 bits per heavy atom. The summed E-state index contributed by atoms with van der Waals surface area (Å²) < 4.78 is 5.49. The number of primary amides is 1. The van der Waals surface area contributed by atoms with Crippen LogP contribution in [0.4, 0.5) is 17.2 Å². The van der Waals surface area contributed by atoms with Crippen LogP contribution in [0.2, 0.25) is 0 Å². The van der Waals surface area contributed by atoms with Crippen molar-refractivity contribution in [3.63, 3.8) is 0 Å². The van der Waals surface area contributed by atoms with Crippen molar-refractivity contribution in [2.24, 2.45) is 5.73 Å². The Hall–Kier alpha value is -3.69. The molecule has 5 rings (SSSR count). The number of nitrogens with zero attached hydrogens (tertiary/aromatic N) is 5. The van der Waals surface area contributed by atoms with Crippen LogP contribution >= 0.6 is 0 Å². The average Bonchev–Trinajstić information content (AvgIpc) is 2.94. The number of methoxy groups -OCH3 is 1. The van der Waals surface area contributed by atoms with E-state index in [0.29, 0.717) is 17.6 Å². The van der Waals surface area contributed by atoms with Gasteiger partial charge < -0.3 is 25.6 Å². The molecule has 2 aliphatic heterocycles. The minimum Gasteiger partial charge on any atom is -0.479 e. The molecule has 0 unspecified atom stereocenters. The first kappa shape index (κ1) is 25.0. The molecule has 3 aromatic rings. The maximum atomic E-state index is 12.2. The molecule has 0 atom stereocenters. The quantitative estimate of drug-likeness (QED) is 0.509. The van der Waals surface area contributed by atoms with Crippen LogP contribution in [0.15, 0.2) is 54.6 Å². The summed E-state index contributed by atoms with van der Waals surface area (Å²) in [5, 5.41) is 3.21. The zero-order valence-corrected chi connectivity index (χ0v) is 21.6. The first-order valence-electron chi connectivity index (χ1n) is 12.9. The molecular weight excluding hydrogens is 466 g/mol. The van der Waals surface area contributed by atoms with Crippen molar-refractivity contribution in [3.05, 3.63) is 60.3 Å². The molecule has 37 heavy (non-hydrogen) atoms. The number of likely N-dealkylation sites (N-methyl/N-ethyl adjacent to an activating group) is 1. The van der Waals surface area contributed by atoms with Crippen LogP contribution in [0.1, 0.15) is 23.3 Å². The number of carbonyl (C=O) groups is 1. The Kier molecular flexibility index (Phi) is 7.52. The van der Waals surface area contributed by atoms with Crippen molar-refractivity contribution in [1.29, 1.82) is 0 Å². The van der Waals surface area contributed by atoms with Crippen molar-refractivity contribution in [1.82, 2.24) is 19.8 Å². The zero-order valence-electron chi connectivity index (χ0n) is 21.6. The minimum absolute atomic E-state index is 0.0645. The first-order valence-corrected chi connectivity index (χ1v) is 12.9. The number of piperidine rings is 1. The topological polar surface area (TPSA) is 99.9 Å². The molecule has 3 N–H and O–H groups in total. The molecule has 0 saturated carbocycles. The number of benzene rings is 2. The molecule has 2 saturated heterocycles. The Morgan fingerprint density at radius 2 is 1.62 bits per heavy atom. The number of nitrogens with one attached hydrogen (secondary N) is 1. The summed E-state index contributed by atoms with van der Waals surface area (Å²) in [5.41, 5.74) is 8.98. The Balaban J connectivity index is 1.27. The number of hydrogen-bond acceptors (Lipinski definition) is 8. The number of aromatic nitrogens is 2. The highest BCUT2D eigenvalue weighted by Gasteiger charge is 2.27. The van der Waals surface area contributed by atoms with Crippen molar-refractivity contribution >= 4 is 23.1 Å². The number of piperazine rings is 1. The molecule has 9 nitrogen and oxygen atoms in total. The monoisotopic (exact) mass is 501 g/mol. The Morgan fingerprint density at radius 1 is 0.946 bits per heavy atom. The summed E-state index contributed by atoms with van der Waals surface area (Å²) >= 11 is 0. The zero-order chi connectivity index (χ0) is 25.8. The van der Waals surface area contributed by atoms with Gasteiger partial charge in [0, 0.05) is 62.2 Å². The van der Waals surface area contributed by atoms with E-state index in [9.17, 15) is 4.79 Å². The molecule has 0 aliphatic carbocycles. The fraction of sp³-hybridized carbons (Fsp3) is 0.393. The van der Waals surface area contributed by atoms with Gasteiger partial charge in [-0.25, -0.2) is 4.98 Å². The molecule has 9 heteroatoms. The SMILES string of the molecule is COc1nc(Nc2ccc(N3CCC(N4CCN(C)CC4)CC3)cc2)c(C(N)=O)nc1-c1ccccc1. The molecule has 0 spiro atoms. The smallest absolute Gasteiger partial charge is 0.271 e. The van der Waals surface area contributed by atoms with Gasteiger partial charge in [0.15, 0.2) is 11.5 Å². The second-order valence-electron chi connectivity index (χ2n) is 9.74. The van der Waals surface area contributed by atoms with E-state index >= 15 is 0 Å². The number of anilines is 3. The minimum atomic E-state index is -0.658. The van der Waals surface area contributed by atoms with Crippen molar-refractivity contribution in [2.75, 3.05) is 63.6 Å². The van der Waals surface area contributed by atoms with E-state index in [1.165, 1.54) is 38.7 Å². The predicted octanol–water partition coefficient (Wildman–Crippen LogP) is 3.21. The molecule has 194 valence electrons. The Bertz CT molecular complexity index is 1200. The van der Waals surface area contributed by atoms with Gasteiger partial charge in [-0.15, -0.1) is 0 Å². The van der Waals surface area contributed by atoms with Crippen LogP contribution in [0, 0.1) is 0 Å². The van der Waals surface area contributed by atoms with Crippen LogP contribution in [0.5, 0.6) is 5.88 Å². The summed E-state index contributed by atoms with van der Waals surface area (Å²) in [4.78, 5) is 28.8. The van der Waals surface area contributed by atoms with Gasteiger partial charge in [0.25, 0.3) is 5.91 Å². The van der Waals surface area contributed by atoms with Crippen LogP contribution < -0.4 is 20.7 Å². The molecular formula is C28H35N7O2. The van der Waals surface area contributed by atoms with Gasteiger partial charge in [-0.05, 0) is 44.2 Å². The van der Waals surface area contributed by atoms with Gasteiger partial charge in [-0.2, -0.15) is 4.98 Å². The normalized spacial score (nSPS) is 17.5. The summed E-state index contributed by atoms with van der Waals surface area (Å²) in [5.74, 6) is -0.0713. The summed E-state index contributed by atoms with van der Waals surface area (Å²) in [7, 11) is 3.74. The Labute approximate surface area is 218 Å². The van der Waals surface area contributed by atoms with Gasteiger partial charge in [0.2, 0.25) is 5.88 Å². The molecule has 1 aromatic heterocycles. The second kappa shape index (κ2) is 11.1. The lowest BCUT2D eigenvalue weighted by Gasteiger charge is -2.42. The molecule has 2 fully saturated rings. The molecule has 1 amide bonds. The highest BCUT2D eigenvalue weighted by Crippen LogP contribution is 2.31. The molecule has 2 aliphatic rings. The van der Waals surface area contributed by atoms with Crippen LogP contribution in [0.3, 0.4) is 0 Å². The number of ether oxygens (including phenoxy) is 1. The second-order valence-corrected chi connectivity index (χ2v) is 9.74. The van der Waals surface area contributed by atoms with Gasteiger partial charge in [-0.3, -0.25) is 9.69 Å². The number of hydrogen-bond donors (Lipinski definition) is 2. The summed E-state index contributed by atoms with van der Waals surface area (Å²) in [6.07, 6.45) is 2.38. The van der Waals surface area contributed by atoms with E-state index in [4.69, 9.17) is 10.5 Å². The average molecular weight is 502 g/mol. The fourth-order valence-corrected chi connectivity index (χ4v) is 5.17. The molecule has 3 heterocycles. The van der Waals surface area contributed by atoms with Crippen molar-refractivity contribution in [2.45, 2.75) is 18.9 Å². The van der Waals surface area contributed by atoms with Gasteiger partial charge in [0.05, 0.1) is 7.11 Å². The van der Waals surface area contributed by atoms with Gasteiger partial charge in [-0.1, -0.05) is 30.3 Å². The lowest BCUT2D eigenvalue weighted by atomic mass is 10.0. The number of nitrogens with two attached hydrogens (primary N) is 1. The van der Waals surface area contributed by atoms with Crippen LogP contribution in [0.25, 0.3) is 11.3 Å². The fourth-order valence-electron chi connectivity index (χ4n) is 5.17. The first-order chi connectivity index (χ1) is 18.0. The van der Waals surface area contributed by atoms with E-state index in [1.54, 1.807) is 0 Å². The summed E-state index contributed by atoms with van der Waals surface area (Å²) in [6, 6.07) is 18.3.